The van der Waals surface area contributed by atoms with Crippen LogP contribution in [0.15, 0.2) is 230 Å². The van der Waals surface area contributed by atoms with Gasteiger partial charge >= 0.3 is 0 Å². The molecule has 11 rings (SSSR count). The fourth-order valence-corrected chi connectivity index (χ4v) is 8.00. The van der Waals surface area contributed by atoms with Gasteiger partial charge in [0.15, 0.2) is 17.5 Å². The van der Waals surface area contributed by atoms with E-state index in [4.69, 9.17) is 20.4 Å². The van der Waals surface area contributed by atoms with Crippen LogP contribution in [0.2, 0.25) is 0 Å². The molecule has 0 aliphatic carbocycles. The topological polar surface area (TPSA) is 43.6 Å². The summed E-state index contributed by atoms with van der Waals surface area (Å²) in [6.07, 6.45) is 0. The molecule has 0 bridgehead atoms. The quantitative estimate of drug-likeness (QED) is 0.154. The second-order valence-corrected chi connectivity index (χ2v) is 14.6. The van der Waals surface area contributed by atoms with Crippen molar-refractivity contribution in [3.63, 3.8) is 0 Å². The smallest absolute Gasteiger partial charge is 0.166 e. The average Bonchev–Trinajstić information content (AvgIpc) is 3.77. The van der Waals surface area contributed by atoms with Crippen LogP contribution < -0.4 is 0 Å². The molecule has 0 aliphatic rings. The number of nitrogens with zero attached hydrogens (tertiary/aromatic N) is 4. The van der Waals surface area contributed by atoms with Gasteiger partial charge in [0, 0.05) is 33.0 Å². The summed E-state index contributed by atoms with van der Waals surface area (Å²) < 4.78 is 74.8. The van der Waals surface area contributed by atoms with Crippen molar-refractivity contribution in [2.24, 2.45) is 0 Å². The minimum absolute atomic E-state index is 0.0201. The van der Waals surface area contributed by atoms with Crippen LogP contribution in [-0.4, -0.2) is 19.5 Å². The molecule has 2 aromatic heterocycles. The summed E-state index contributed by atoms with van der Waals surface area (Å²) in [6, 6.07) is 55.7. The third kappa shape index (κ3) is 6.76. The molecule has 0 N–H and O–H groups in total. The van der Waals surface area contributed by atoms with Gasteiger partial charge in [0.05, 0.1) is 27.7 Å². The van der Waals surface area contributed by atoms with E-state index in [9.17, 15) is 5.48 Å². The molecular weight excluding hydrogens is 741 g/mol. The monoisotopic (exact) mass is 786 g/mol. The number of hydrogen-bond donors (Lipinski definition) is 0. The zero-order chi connectivity index (χ0) is 47.5. The molecular formula is C57H38N4. The summed E-state index contributed by atoms with van der Waals surface area (Å²) in [5.74, 6) is 0.975. The summed E-state index contributed by atoms with van der Waals surface area (Å²) >= 11 is 0. The van der Waals surface area contributed by atoms with Crippen molar-refractivity contribution in [1.82, 2.24) is 19.5 Å². The maximum absolute atomic E-state index is 9.54. The van der Waals surface area contributed by atoms with Crippen LogP contribution in [0, 0.1) is 0 Å². The van der Waals surface area contributed by atoms with Gasteiger partial charge < -0.3 is 4.57 Å². The minimum Gasteiger partial charge on any atom is -0.308 e. The molecule has 11 aromatic rings. The van der Waals surface area contributed by atoms with Crippen molar-refractivity contribution in [2.75, 3.05) is 0 Å². The van der Waals surface area contributed by atoms with Crippen molar-refractivity contribution in [2.45, 2.75) is 0 Å². The second-order valence-electron chi connectivity index (χ2n) is 14.6. The van der Waals surface area contributed by atoms with E-state index in [1.807, 2.05) is 164 Å². The van der Waals surface area contributed by atoms with Crippen LogP contribution in [0.5, 0.6) is 0 Å². The molecule has 0 aliphatic heterocycles. The van der Waals surface area contributed by atoms with Crippen LogP contribution in [-0.2, 0) is 0 Å². The molecule has 9 aromatic carbocycles. The van der Waals surface area contributed by atoms with E-state index in [1.165, 1.54) is 0 Å². The molecule has 0 fully saturated rings. The average molecular weight is 787 g/mol. The van der Waals surface area contributed by atoms with Gasteiger partial charge in [-0.15, -0.1) is 0 Å². The van der Waals surface area contributed by atoms with Gasteiger partial charge in [-0.25, -0.2) is 15.0 Å². The first kappa shape index (κ1) is 28.3. The van der Waals surface area contributed by atoms with E-state index >= 15 is 0 Å². The summed E-state index contributed by atoms with van der Waals surface area (Å²) in [6.45, 7) is 0. The Balaban J connectivity index is 1.29. The fraction of sp³-hybridized carbons (Fsp3) is 0. The largest absolute Gasteiger partial charge is 0.308 e. The number of fused-ring (bicyclic) bond motifs is 3. The summed E-state index contributed by atoms with van der Waals surface area (Å²) in [7, 11) is 0. The Morgan fingerprint density at radius 1 is 0.311 bits per heavy atom. The first-order valence-electron chi connectivity index (χ1n) is 24.0. The summed E-state index contributed by atoms with van der Waals surface area (Å²) in [5, 5.41) is -0.0711. The minimum atomic E-state index is -0.525. The number of aromatic nitrogens is 4. The first-order valence-corrected chi connectivity index (χ1v) is 20.0. The lowest BCUT2D eigenvalue weighted by Crippen LogP contribution is -2.05. The molecule has 0 amide bonds. The maximum atomic E-state index is 9.54. The molecule has 0 atom stereocenters. The zero-order valence-corrected chi connectivity index (χ0v) is 32.6. The highest BCUT2D eigenvalue weighted by molar-refractivity contribution is 6.10. The Hall–Kier alpha value is -8.21. The predicted molar refractivity (Wildman–Crippen MR) is 252 cm³/mol. The van der Waals surface area contributed by atoms with Crippen molar-refractivity contribution in [1.29, 1.82) is 0 Å². The number of para-hydroxylation sites is 3. The lowest BCUT2D eigenvalue weighted by molar-refractivity contribution is 1.06. The van der Waals surface area contributed by atoms with E-state index in [2.05, 4.69) is 18.2 Å². The van der Waals surface area contributed by atoms with Gasteiger partial charge in [-0.1, -0.05) is 194 Å². The molecule has 0 saturated carbocycles. The molecule has 0 radical (unpaired) electrons. The lowest BCUT2D eigenvalue weighted by Gasteiger charge is -2.20. The van der Waals surface area contributed by atoms with Gasteiger partial charge in [0.1, 0.15) is 0 Å². The highest BCUT2D eigenvalue weighted by atomic mass is 15.1. The Bertz CT molecular complexity index is 3660. The summed E-state index contributed by atoms with van der Waals surface area (Å²) in [5.41, 5.74) is 9.26. The Labute approximate surface area is 366 Å². The van der Waals surface area contributed by atoms with Gasteiger partial charge in [-0.05, 0) is 75.3 Å². The summed E-state index contributed by atoms with van der Waals surface area (Å²) in [4.78, 5) is 15.4. The number of hydrogen-bond acceptors (Lipinski definition) is 3. The van der Waals surface area contributed by atoms with Crippen molar-refractivity contribution >= 4 is 21.8 Å². The molecule has 4 nitrogen and oxygen atoms in total. The van der Waals surface area contributed by atoms with Crippen LogP contribution in [0.1, 0.15) is 11.0 Å². The van der Waals surface area contributed by atoms with Crippen molar-refractivity contribution in [3.8, 4) is 84.4 Å². The number of benzene rings is 9. The SMILES string of the molecule is [2H]c1c([2H])c([2H])c2c(c1[2H])c1c([2H])c([2H])c([2H])c([2H])c1n2-c1c(-c2cc(-c3ccccc3)cc(-c3ccccc3)c2)cccc1-c1nc(-c2ccccc2)nc(-c2ccc(-c3ccccc3)cc2)n1. The molecule has 0 saturated heterocycles. The van der Waals surface area contributed by atoms with Gasteiger partial charge in [-0.2, -0.15) is 0 Å². The fourth-order valence-electron chi connectivity index (χ4n) is 8.00. The Morgan fingerprint density at radius 3 is 1.21 bits per heavy atom. The first-order chi connectivity index (χ1) is 33.6. The van der Waals surface area contributed by atoms with Gasteiger partial charge in [0.25, 0.3) is 0 Å². The van der Waals surface area contributed by atoms with Crippen LogP contribution in [0.3, 0.4) is 0 Å². The maximum Gasteiger partial charge on any atom is 0.166 e. The highest BCUT2D eigenvalue weighted by Gasteiger charge is 2.23. The van der Waals surface area contributed by atoms with Crippen LogP contribution >= 0.6 is 0 Å². The van der Waals surface area contributed by atoms with Gasteiger partial charge in [0.2, 0.25) is 0 Å². The molecule has 2 heterocycles. The zero-order valence-electron chi connectivity index (χ0n) is 40.6. The van der Waals surface area contributed by atoms with Crippen LogP contribution in [0.4, 0.5) is 0 Å². The van der Waals surface area contributed by atoms with E-state index < -0.39 is 48.3 Å². The van der Waals surface area contributed by atoms with Crippen LogP contribution in [0.25, 0.3) is 106 Å². The molecule has 286 valence electrons. The third-order valence-electron chi connectivity index (χ3n) is 10.9. The molecule has 0 unspecified atom stereocenters. The van der Waals surface area contributed by atoms with Crippen molar-refractivity contribution < 1.29 is 11.0 Å². The second kappa shape index (κ2) is 15.5. The Kier molecular flexibility index (Phi) is 7.19. The molecule has 61 heavy (non-hydrogen) atoms. The van der Waals surface area contributed by atoms with E-state index in [0.717, 1.165) is 50.1 Å². The highest BCUT2D eigenvalue weighted by Crippen LogP contribution is 2.43. The number of rotatable bonds is 8. The lowest BCUT2D eigenvalue weighted by atomic mass is 9.91. The van der Waals surface area contributed by atoms with E-state index in [0.29, 0.717) is 28.5 Å². The molecule has 0 spiro atoms. The van der Waals surface area contributed by atoms with E-state index in [-0.39, 0.29) is 27.6 Å². The normalized spacial score (nSPS) is 13.1. The van der Waals surface area contributed by atoms with Gasteiger partial charge in [-0.3, -0.25) is 0 Å². The van der Waals surface area contributed by atoms with Crippen molar-refractivity contribution in [3.05, 3.63) is 230 Å². The molecule has 4 heteroatoms. The third-order valence-corrected chi connectivity index (χ3v) is 10.9. The Morgan fingerprint density at radius 2 is 0.689 bits per heavy atom. The standard InChI is InChI=1S/C57H38N4/c1-5-18-39(19-6-1)42-32-34-44(35-33-42)56-58-55(43-24-11-4-12-25-43)59-57(60-56)51-29-17-28-48(54(51)61-52-30-15-13-26-49(52)50-27-14-16-31-53(50)61)47-37-45(40-20-7-2-8-21-40)36-46(38-47)41-22-9-3-10-23-41/h1-38H/i13D,14D,15D,16D,26D,27D,30D,31D. The predicted octanol–water partition coefficient (Wildman–Crippen LogP) is 14.6. The van der Waals surface area contributed by atoms with E-state index in [1.54, 1.807) is 4.57 Å².